The molecule has 1 aliphatic heterocycles. The van der Waals surface area contributed by atoms with E-state index >= 15 is 0 Å². The van der Waals surface area contributed by atoms with Gasteiger partial charge in [-0.1, -0.05) is 36.4 Å². The summed E-state index contributed by atoms with van der Waals surface area (Å²) in [6, 6.07) is 9.10. The summed E-state index contributed by atoms with van der Waals surface area (Å²) in [6.07, 6.45) is 3.27. The minimum atomic E-state index is -4.84. The minimum absolute atomic E-state index is 0. The minimum Gasteiger partial charge on any atom is -1.00 e. The second-order valence-electron chi connectivity index (χ2n) is 4.82. The van der Waals surface area contributed by atoms with Crippen LogP contribution >= 0.6 is 7.60 Å². The fourth-order valence-corrected chi connectivity index (χ4v) is 3.69. The zero-order valence-corrected chi connectivity index (χ0v) is 13.6. The van der Waals surface area contributed by atoms with Gasteiger partial charge in [0, 0.05) is 12.0 Å². The summed E-state index contributed by atoms with van der Waals surface area (Å²) in [7, 11) is -4.84. The lowest BCUT2D eigenvalue weighted by molar-refractivity contribution is -0.937. The van der Waals surface area contributed by atoms with E-state index in [-0.39, 0.29) is 23.5 Å². The average Bonchev–Trinajstić information content (AvgIpc) is 2.39. The molecule has 0 amide bonds. The number of aliphatic carboxylic acids is 1. The topological polar surface area (TPSA) is 99.3 Å². The van der Waals surface area contributed by atoms with Crippen LogP contribution in [0.3, 0.4) is 0 Å². The quantitative estimate of drug-likeness (QED) is 0.331. The van der Waals surface area contributed by atoms with Crippen molar-refractivity contribution in [1.82, 2.24) is 0 Å². The Kier molecular flexibility index (Phi) is 5.90. The highest BCUT2D eigenvalue weighted by Crippen LogP contribution is 2.48. The Balaban J connectivity index is 0.00000220. The van der Waals surface area contributed by atoms with Crippen LogP contribution in [0.25, 0.3) is 0 Å². The molecule has 1 heterocycles. The van der Waals surface area contributed by atoms with Crippen molar-refractivity contribution in [3.8, 4) is 0 Å². The first kappa shape index (κ1) is 18.1. The van der Waals surface area contributed by atoms with E-state index in [9.17, 15) is 24.3 Å². The molecule has 21 heavy (non-hydrogen) atoms. The zero-order chi connectivity index (χ0) is 14.8. The normalized spacial score (nSPS) is 25.1. The summed E-state index contributed by atoms with van der Waals surface area (Å²) >= 11 is 0. The van der Waals surface area contributed by atoms with Crippen LogP contribution in [0.15, 0.2) is 42.5 Å². The predicted octanol–water partition coefficient (Wildman–Crippen LogP) is -3.01. The van der Waals surface area contributed by atoms with Gasteiger partial charge in [-0.3, -0.25) is 4.57 Å². The molecular formula is C13H17BrNO5P. The van der Waals surface area contributed by atoms with Crippen molar-refractivity contribution in [2.45, 2.75) is 18.2 Å². The molecule has 0 saturated heterocycles. The first-order chi connectivity index (χ1) is 9.38. The second-order valence-corrected chi connectivity index (χ2v) is 6.62. The Hall–Kier alpha value is -0.980. The van der Waals surface area contributed by atoms with Crippen molar-refractivity contribution in [3.05, 3.63) is 48.0 Å². The second kappa shape index (κ2) is 6.85. The van der Waals surface area contributed by atoms with Crippen LogP contribution in [0.5, 0.6) is 0 Å². The number of carboxylic acid groups (broad SMARTS) is 1. The van der Waals surface area contributed by atoms with Gasteiger partial charge >= 0.3 is 18.8 Å². The van der Waals surface area contributed by atoms with Crippen LogP contribution in [0, 0.1) is 0 Å². The smallest absolute Gasteiger partial charge is 0.401 e. The highest BCUT2D eigenvalue weighted by Gasteiger charge is 2.61. The molecule has 0 aromatic heterocycles. The van der Waals surface area contributed by atoms with Crippen LogP contribution in [-0.4, -0.2) is 32.7 Å². The number of carbonyl (C=O) groups is 1. The number of hydrogen-bond acceptors (Lipinski definition) is 2. The Morgan fingerprint density at radius 2 is 1.90 bits per heavy atom. The van der Waals surface area contributed by atoms with E-state index in [1.807, 2.05) is 30.3 Å². The van der Waals surface area contributed by atoms with Gasteiger partial charge in [-0.05, 0) is 6.08 Å². The fourth-order valence-electron chi connectivity index (χ4n) is 2.54. The number of halogens is 1. The van der Waals surface area contributed by atoms with Gasteiger partial charge in [-0.15, -0.1) is 0 Å². The van der Waals surface area contributed by atoms with Gasteiger partial charge in [0.05, 0.1) is 6.54 Å². The van der Waals surface area contributed by atoms with Crippen molar-refractivity contribution in [2.24, 2.45) is 0 Å². The van der Waals surface area contributed by atoms with Gasteiger partial charge in [0.15, 0.2) is 0 Å². The van der Waals surface area contributed by atoms with E-state index in [1.54, 1.807) is 0 Å². The first-order valence-corrected chi connectivity index (χ1v) is 7.85. The standard InChI is InChI=1S/C13H16NO5P.BrH/c15-12(16)13(20(17,18)19)8-4-5-9-14(13)10-11-6-2-1-3-7-11;/h1-4,6-8H,5,9-10H2,(H,15,16)(H2,17,18,19);1H. The average molecular weight is 378 g/mol. The molecule has 0 bridgehead atoms. The molecule has 0 spiro atoms. The lowest BCUT2D eigenvalue weighted by atomic mass is 10.1. The maximum Gasteiger partial charge on any atom is 0.401 e. The van der Waals surface area contributed by atoms with E-state index in [0.717, 1.165) is 11.6 Å². The summed E-state index contributed by atoms with van der Waals surface area (Å²) in [4.78, 5) is 31.1. The van der Waals surface area contributed by atoms with E-state index < -0.39 is 18.8 Å². The molecule has 6 nitrogen and oxygen atoms in total. The maximum absolute atomic E-state index is 11.8. The van der Waals surface area contributed by atoms with Crippen molar-refractivity contribution < 1.29 is 46.1 Å². The molecule has 8 heteroatoms. The summed E-state index contributed by atoms with van der Waals surface area (Å²) in [6.45, 7) is 0.616. The molecule has 2 rings (SSSR count). The number of benzene rings is 1. The SMILES string of the molecule is O=C(O)C1(P(=O)(O)O)C=CCC[NH+]1Cc1ccccc1.[Br-]. The lowest BCUT2D eigenvalue weighted by Gasteiger charge is -2.37. The zero-order valence-electron chi connectivity index (χ0n) is 11.1. The third-order valence-electron chi connectivity index (χ3n) is 3.56. The molecule has 4 N–H and O–H groups in total. The molecular weight excluding hydrogens is 361 g/mol. The largest absolute Gasteiger partial charge is 1.00 e. The van der Waals surface area contributed by atoms with Crippen LogP contribution < -0.4 is 21.9 Å². The number of hydrogen-bond donors (Lipinski definition) is 4. The predicted molar refractivity (Wildman–Crippen MR) is 72.1 cm³/mol. The van der Waals surface area contributed by atoms with Gasteiger partial charge in [-0.25, -0.2) is 4.79 Å². The van der Waals surface area contributed by atoms with E-state index in [0.29, 0.717) is 17.9 Å². The highest BCUT2D eigenvalue weighted by molar-refractivity contribution is 7.54. The molecule has 0 radical (unpaired) electrons. The monoisotopic (exact) mass is 377 g/mol. The van der Waals surface area contributed by atoms with Gasteiger partial charge in [0.2, 0.25) is 0 Å². The van der Waals surface area contributed by atoms with Gasteiger partial charge < -0.3 is 36.8 Å². The number of carboxylic acids is 1. The van der Waals surface area contributed by atoms with Crippen LogP contribution in [0.2, 0.25) is 0 Å². The van der Waals surface area contributed by atoms with Crippen LogP contribution in [-0.2, 0) is 15.9 Å². The molecule has 0 fully saturated rings. The van der Waals surface area contributed by atoms with Gasteiger partial charge in [-0.2, -0.15) is 0 Å². The third-order valence-corrected chi connectivity index (χ3v) is 5.13. The molecule has 2 atom stereocenters. The van der Waals surface area contributed by atoms with Crippen LogP contribution in [0.4, 0.5) is 0 Å². The van der Waals surface area contributed by atoms with E-state index in [1.165, 1.54) is 6.08 Å². The van der Waals surface area contributed by atoms with Gasteiger partial charge in [0.25, 0.3) is 0 Å². The molecule has 1 aliphatic rings. The molecule has 1 aromatic rings. The Labute approximate surface area is 133 Å². The molecule has 1 aromatic carbocycles. The fraction of sp³-hybridized carbons (Fsp3) is 0.308. The third kappa shape index (κ3) is 3.44. The summed E-state index contributed by atoms with van der Waals surface area (Å²) in [5, 5.41) is 7.22. The summed E-state index contributed by atoms with van der Waals surface area (Å²) < 4.78 is 11.8. The lowest BCUT2D eigenvalue weighted by Crippen LogP contribution is -3.20. The van der Waals surface area contributed by atoms with Gasteiger partial charge in [0.1, 0.15) is 6.54 Å². The highest BCUT2D eigenvalue weighted by atomic mass is 79.9. The molecule has 0 saturated carbocycles. The summed E-state index contributed by atoms with van der Waals surface area (Å²) in [5.41, 5.74) is 0.844. The van der Waals surface area contributed by atoms with Crippen LogP contribution in [0.1, 0.15) is 12.0 Å². The Morgan fingerprint density at radius 3 is 2.43 bits per heavy atom. The first-order valence-electron chi connectivity index (χ1n) is 6.24. The molecule has 0 aliphatic carbocycles. The van der Waals surface area contributed by atoms with Crippen molar-refractivity contribution >= 4 is 13.6 Å². The number of rotatable bonds is 4. The maximum atomic E-state index is 11.8. The van der Waals surface area contributed by atoms with Crippen molar-refractivity contribution in [1.29, 1.82) is 0 Å². The van der Waals surface area contributed by atoms with Crippen molar-refractivity contribution in [2.75, 3.05) is 6.54 Å². The number of quaternary nitrogens is 1. The Bertz CT molecular complexity index is 573. The summed E-state index contributed by atoms with van der Waals surface area (Å²) in [5.74, 6) is -1.49. The van der Waals surface area contributed by atoms with Crippen molar-refractivity contribution in [3.63, 3.8) is 0 Å². The Morgan fingerprint density at radius 1 is 1.29 bits per heavy atom. The molecule has 116 valence electrons. The number of nitrogens with one attached hydrogen (secondary N) is 1. The van der Waals surface area contributed by atoms with E-state index in [4.69, 9.17) is 0 Å². The molecule has 2 unspecified atom stereocenters. The van der Waals surface area contributed by atoms with E-state index in [2.05, 4.69) is 0 Å².